The Morgan fingerprint density at radius 2 is 1.94 bits per heavy atom. The number of hydrogen-bond acceptors (Lipinski definition) is 2. The van der Waals surface area contributed by atoms with Crippen LogP contribution in [0, 0.1) is 0 Å². The fourth-order valence-electron chi connectivity index (χ4n) is 1.30. The second-order valence-corrected chi connectivity index (χ2v) is 3.63. The van der Waals surface area contributed by atoms with Gasteiger partial charge in [0.15, 0.2) is 0 Å². The molecule has 0 fully saturated rings. The zero-order chi connectivity index (χ0) is 12.3. The van der Waals surface area contributed by atoms with Gasteiger partial charge >= 0.3 is 6.36 Å². The molecule has 6 heteroatoms. The highest BCUT2D eigenvalue weighted by Gasteiger charge is 2.31. The van der Waals surface area contributed by atoms with Gasteiger partial charge in [0, 0.05) is 25.7 Å². The average Bonchev–Trinajstić information content (AvgIpc) is 2.14. The van der Waals surface area contributed by atoms with E-state index < -0.39 is 6.36 Å². The summed E-state index contributed by atoms with van der Waals surface area (Å²) >= 11 is 5.66. The van der Waals surface area contributed by atoms with Gasteiger partial charge in [-0.15, -0.1) is 24.8 Å². The Hall–Kier alpha value is -1.10. The van der Waals surface area contributed by atoms with Gasteiger partial charge in [-0.25, -0.2) is 0 Å². The number of anilines is 1. The molecule has 0 aliphatic rings. The number of ether oxygens (including phenoxy) is 1. The van der Waals surface area contributed by atoms with Crippen LogP contribution in [0.4, 0.5) is 18.9 Å². The first-order valence-electron chi connectivity index (χ1n) is 4.45. The summed E-state index contributed by atoms with van der Waals surface area (Å²) in [6.45, 7) is 0. The first-order valence-corrected chi connectivity index (χ1v) is 4.99. The second kappa shape index (κ2) is 4.82. The van der Waals surface area contributed by atoms with E-state index in [1.807, 2.05) is 0 Å². The highest BCUT2D eigenvalue weighted by molar-refractivity contribution is 6.17. The van der Waals surface area contributed by atoms with Crippen LogP contribution in [0.5, 0.6) is 5.75 Å². The summed E-state index contributed by atoms with van der Waals surface area (Å²) in [5, 5.41) is 0. The summed E-state index contributed by atoms with van der Waals surface area (Å²) in [5.41, 5.74) is 1.36. The van der Waals surface area contributed by atoms with Crippen LogP contribution < -0.4 is 9.64 Å². The standard InChI is InChI=1S/C10H11ClF3NO/c1-15(2)9-4-3-8(5-7(9)6-11)16-10(12,13)14/h3-5H,6H2,1-2H3. The van der Waals surface area contributed by atoms with Gasteiger partial charge < -0.3 is 9.64 Å². The first-order chi connectivity index (χ1) is 7.33. The van der Waals surface area contributed by atoms with Crippen LogP contribution in [0.2, 0.25) is 0 Å². The number of hydrogen-bond donors (Lipinski definition) is 0. The van der Waals surface area contributed by atoms with E-state index in [-0.39, 0.29) is 11.6 Å². The summed E-state index contributed by atoms with van der Waals surface area (Å²) in [4.78, 5) is 1.77. The van der Waals surface area contributed by atoms with E-state index in [2.05, 4.69) is 4.74 Å². The van der Waals surface area contributed by atoms with Gasteiger partial charge in [0.25, 0.3) is 0 Å². The van der Waals surface area contributed by atoms with Gasteiger partial charge in [0.1, 0.15) is 5.75 Å². The Bertz CT molecular complexity index is 366. The Morgan fingerprint density at radius 3 is 2.38 bits per heavy atom. The molecule has 1 rings (SSSR count). The number of halogens is 4. The van der Waals surface area contributed by atoms with Gasteiger partial charge in [0.2, 0.25) is 0 Å². The lowest BCUT2D eigenvalue weighted by atomic mass is 10.2. The number of rotatable bonds is 3. The lowest BCUT2D eigenvalue weighted by molar-refractivity contribution is -0.274. The molecular formula is C10H11ClF3NO. The van der Waals surface area contributed by atoms with E-state index in [4.69, 9.17) is 11.6 Å². The molecule has 0 unspecified atom stereocenters. The molecule has 0 aliphatic heterocycles. The van der Waals surface area contributed by atoms with Crippen molar-refractivity contribution in [1.29, 1.82) is 0 Å². The fraction of sp³-hybridized carbons (Fsp3) is 0.400. The van der Waals surface area contributed by atoms with E-state index in [1.165, 1.54) is 12.1 Å². The topological polar surface area (TPSA) is 12.5 Å². The lowest BCUT2D eigenvalue weighted by Gasteiger charge is -2.17. The van der Waals surface area contributed by atoms with Gasteiger partial charge in [0.05, 0.1) is 0 Å². The average molecular weight is 254 g/mol. The second-order valence-electron chi connectivity index (χ2n) is 3.37. The Balaban J connectivity index is 3.00. The highest BCUT2D eigenvalue weighted by Crippen LogP contribution is 2.29. The molecule has 0 spiro atoms. The minimum atomic E-state index is -4.68. The molecule has 0 N–H and O–H groups in total. The molecule has 0 amide bonds. The van der Waals surface area contributed by atoms with Crippen molar-refractivity contribution in [2.24, 2.45) is 0 Å². The fourth-order valence-corrected chi connectivity index (χ4v) is 1.52. The molecule has 2 nitrogen and oxygen atoms in total. The zero-order valence-electron chi connectivity index (χ0n) is 8.81. The minimum Gasteiger partial charge on any atom is -0.406 e. The van der Waals surface area contributed by atoms with Gasteiger partial charge in [-0.05, 0) is 23.8 Å². The van der Waals surface area contributed by atoms with E-state index >= 15 is 0 Å². The van der Waals surface area contributed by atoms with Crippen molar-refractivity contribution in [3.05, 3.63) is 23.8 Å². The first kappa shape index (κ1) is 13.0. The minimum absolute atomic E-state index is 0.128. The normalized spacial score (nSPS) is 11.4. The molecule has 0 saturated heterocycles. The van der Waals surface area contributed by atoms with E-state index in [1.54, 1.807) is 25.1 Å². The molecule has 0 aromatic heterocycles. The van der Waals surface area contributed by atoms with Crippen LogP contribution in [0.15, 0.2) is 18.2 Å². The predicted octanol–water partition coefficient (Wildman–Crippen LogP) is 3.39. The number of alkyl halides is 4. The SMILES string of the molecule is CN(C)c1ccc(OC(F)(F)F)cc1CCl. The molecule has 16 heavy (non-hydrogen) atoms. The van der Waals surface area contributed by atoms with Crippen LogP contribution in [0.3, 0.4) is 0 Å². The Labute approximate surface area is 96.6 Å². The van der Waals surface area contributed by atoms with Crippen molar-refractivity contribution in [3.8, 4) is 5.75 Å². The summed E-state index contributed by atoms with van der Waals surface area (Å²) < 4.78 is 39.7. The third-order valence-electron chi connectivity index (χ3n) is 1.91. The Morgan fingerprint density at radius 1 is 1.31 bits per heavy atom. The summed E-state index contributed by atoms with van der Waals surface area (Å²) in [7, 11) is 3.57. The molecule has 0 aliphatic carbocycles. The molecule has 0 bridgehead atoms. The maximum Gasteiger partial charge on any atom is 0.573 e. The van der Waals surface area contributed by atoms with Crippen molar-refractivity contribution < 1.29 is 17.9 Å². The molecule has 1 aromatic carbocycles. The molecule has 90 valence electrons. The third kappa shape index (κ3) is 3.48. The van der Waals surface area contributed by atoms with Crippen molar-refractivity contribution in [2.45, 2.75) is 12.2 Å². The van der Waals surface area contributed by atoms with Gasteiger partial charge in [-0.2, -0.15) is 0 Å². The molecule has 0 radical (unpaired) electrons. The molecule has 0 heterocycles. The predicted molar refractivity (Wildman–Crippen MR) is 57.0 cm³/mol. The largest absolute Gasteiger partial charge is 0.573 e. The number of benzene rings is 1. The molecular weight excluding hydrogens is 243 g/mol. The van der Waals surface area contributed by atoms with Crippen LogP contribution >= 0.6 is 11.6 Å². The maximum atomic E-state index is 12.0. The smallest absolute Gasteiger partial charge is 0.406 e. The molecule has 0 saturated carbocycles. The van der Waals surface area contributed by atoms with Gasteiger partial charge in [-0.3, -0.25) is 0 Å². The van der Waals surface area contributed by atoms with Crippen molar-refractivity contribution >= 4 is 17.3 Å². The highest BCUT2D eigenvalue weighted by atomic mass is 35.5. The van der Waals surface area contributed by atoms with E-state index in [0.717, 1.165) is 5.69 Å². The summed E-state index contributed by atoms with van der Waals surface area (Å²) in [6.07, 6.45) is -4.68. The van der Waals surface area contributed by atoms with Gasteiger partial charge in [-0.1, -0.05) is 0 Å². The quantitative estimate of drug-likeness (QED) is 0.766. The monoisotopic (exact) mass is 253 g/mol. The molecule has 1 aromatic rings. The summed E-state index contributed by atoms with van der Waals surface area (Å²) in [5.74, 6) is -0.128. The Kier molecular flexibility index (Phi) is 3.91. The van der Waals surface area contributed by atoms with Crippen LogP contribution in [-0.4, -0.2) is 20.5 Å². The van der Waals surface area contributed by atoms with Crippen LogP contribution in [0.1, 0.15) is 5.56 Å². The van der Waals surface area contributed by atoms with E-state index in [9.17, 15) is 13.2 Å². The maximum absolute atomic E-state index is 12.0. The molecule has 0 atom stereocenters. The van der Waals surface area contributed by atoms with Crippen LogP contribution in [-0.2, 0) is 5.88 Å². The zero-order valence-corrected chi connectivity index (χ0v) is 9.56. The number of nitrogens with zero attached hydrogens (tertiary/aromatic N) is 1. The van der Waals surface area contributed by atoms with E-state index in [0.29, 0.717) is 5.56 Å². The summed E-state index contributed by atoms with van der Waals surface area (Å²) in [6, 6.07) is 4.09. The third-order valence-corrected chi connectivity index (χ3v) is 2.20. The van der Waals surface area contributed by atoms with Crippen molar-refractivity contribution in [1.82, 2.24) is 0 Å². The lowest BCUT2D eigenvalue weighted by Crippen LogP contribution is -2.17. The van der Waals surface area contributed by atoms with Crippen molar-refractivity contribution in [2.75, 3.05) is 19.0 Å². The van der Waals surface area contributed by atoms with Crippen LogP contribution in [0.25, 0.3) is 0 Å². The van der Waals surface area contributed by atoms with Crippen molar-refractivity contribution in [3.63, 3.8) is 0 Å².